The van der Waals surface area contributed by atoms with Crippen LogP contribution in [-0.2, 0) is 0 Å². The summed E-state index contributed by atoms with van der Waals surface area (Å²) in [7, 11) is 0. The summed E-state index contributed by atoms with van der Waals surface area (Å²) in [5, 5.41) is 9.79. The number of carbonyl (C=O) groups is 2. The van der Waals surface area contributed by atoms with Gasteiger partial charge in [0.15, 0.2) is 0 Å². The average molecular weight is 543 g/mol. The van der Waals surface area contributed by atoms with Crippen LogP contribution < -0.4 is 20.7 Å². The molecule has 0 radical (unpaired) electrons. The van der Waals surface area contributed by atoms with E-state index in [0.29, 0.717) is 43.9 Å². The zero-order valence-corrected chi connectivity index (χ0v) is 22.9. The lowest BCUT2D eigenvalue weighted by Crippen LogP contribution is -2.56. The summed E-state index contributed by atoms with van der Waals surface area (Å²) in [5.41, 5.74) is 3.89. The molecule has 3 aliphatic rings. The zero-order valence-electron chi connectivity index (χ0n) is 22.2. The van der Waals surface area contributed by atoms with E-state index >= 15 is 0 Å². The van der Waals surface area contributed by atoms with E-state index in [-0.39, 0.29) is 34.8 Å². The summed E-state index contributed by atoms with van der Waals surface area (Å²) in [4.78, 5) is 26.7. The maximum Gasteiger partial charge on any atom is 0.317 e. The van der Waals surface area contributed by atoms with Crippen LogP contribution in [0.15, 0.2) is 30.3 Å². The first kappa shape index (κ1) is 26.8. The van der Waals surface area contributed by atoms with Crippen LogP contribution in [0.1, 0.15) is 59.2 Å². The molecule has 0 aromatic heterocycles. The number of fused-ring (bicyclic) bond motifs is 2. The van der Waals surface area contributed by atoms with Crippen molar-refractivity contribution in [3.05, 3.63) is 63.4 Å². The van der Waals surface area contributed by atoms with E-state index in [1.807, 2.05) is 6.07 Å². The smallest absolute Gasteiger partial charge is 0.317 e. The van der Waals surface area contributed by atoms with Gasteiger partial charge in [0.05, 0.1) is 11.6 Å². The van der Waals surface area contributed by atoms with Gasteiger partial charge in [0.25, 0.3) is 5.91 Å². The minimum atomic E-state index is -0.533. The Morgan fingerprint density at radius 3 is 2.79 bits per heavy atom. The Kier molecular flexibility index (Phi) is 7.82. The Morgan fingerprint density at radius 1 is 1.24 bits per heavy atom. The highest BCUT2D eigenvalue weighted by molar-refractivity contribution is 6.31. The number of nitrogens with zero attached hydrogens (tertiary/aromatic N) is 1. The quantitative estimate of drug-likeness (QED) is 0.457. The lowest BCUT2D eigenvalue weighted by Gasteiger charge is -2.42. The second-order valence-corrected chi connectivity index (χ2v) is 11.2. The molecule has 2 aromatic rings. The maximum atomic E-state index is 13.6. The number of hydrogen-bond donors (Lipinski definition) is 3. The largest absolute Gasteiger partial charge is 0.491 e. The minimum Gasteiger partial charge on any atom is -0.491 e. The molecule has 0 aliphatic carbocycles. The molecule has 3 amide bonds. The van der Waals surface area contributed by atoms with Gasteiger partial charge in [0, 0.05) is 42.7 Å². The Labute approximate surface area is 228 Å². The van der Waals surface area contributed by atoms with E-state index in [9.17, 15) is 14.0 Å². The van der Waals surface area contributed by atoms with Crippen molar-refractivity contribution in [1.82, 2.24) is 20.9 Å². The fourth-order valence-electron chi connectivity index (χ4n) is 6.49. The number of amides is 3. The third-order valence-electron chi connectivity index (χ3n) is 8.65. The van der Waals surface area contributed by atoms with Gasteiger partial charge in [-0.15, -0.1) is 0 Å². The highest BCUT2D eigenvalue weighted by Crippen LogP contribution is 2.42. The van der Waals surface area contributed by atoms with Crippen LogP contribution in [0, 0.1) is 25.6 Å². The molecule has 5 atom stereocenters. The van der Waals surface area contributed by atoms with Gasteiger partial charge in [-0.3, -0.25) is 4.79 Å². The van der Waals surface area contributed by atoms with E-state index in [4.69, 9.17) is 16.3 Å². The summed E-state index contributed by atoms with van der Waals surface area (Å²) < 4.78 is 19.7. The fraction of sp³-hybridized carbons (Fsp3) is 0.517. The molecule has 7 nitrogen and oxygen atoms in total. The summed E-state index contributed by atoms with van der Waals surface area (Å²) in [6.07, 6.45) is 3.04. The van der Waals surface area contributed by atoms with Crippen molar-refractivity contribution in [3.8, 4) is 5.75 Å². The molecular formula is C29H36ClFN4O3. The van der Waals surface area contributed by atoms with Crippen molar-refractivity contribution >= 4 is 23.5 Å². The number of ether oxygens (including phenoxy) is 1. The van der Waals surface area contributed by atoms with Crippen LogP contribution in [0.2, 0.25) is 5.02 Å². The first-order valence-electron chi connectivity index (χ1n) is 13.5. The number of carbonyl (C=O) groups excluding carboxylic acids is 2. The molecule has 2 aromatic carbocycles. The van der Waals surface area contributed by atoms with E-state index < -0.39 is 5.82 Å². The van der Waals surface area contributed by atoms with Crippen LogP contribution >= 0.6 is 11.6 Å². The minimum absolute atomic E-state index is 0.0117. The molecular weight excluding hydrogens is 507 g/mol. The lowest BCUT2D eigenvalue weighted by atomic mass is 9.74. The number of hydrogen-bond acceptors (Lipinski definition) is 4. The molecule has 0 spiro atoms. The topological polar surface area (TPSA) is 82.7 Å². The van der Waals surface area contributed by atoms with Gasteiger partial charge >= 0.3 is 6.03 Å². The number of urea groups is 1. The summed E-state index contributed by atoms with van der Waals surface area (Å²) >= 11 is 5.94. The molecule has 9 heteroatoms. The van der Waals surface area contributed by atoms with Crippen molar-refractivity contribution < 1.29 is 18.7 Å². The van der Waals surface area contributed by atoms with Gasteiger partial charge in [-0.2, -0.15) is 0 Å². The first-order chi connectivity index (χ1) is 18.2. The SMILES string of the molecule is Cc1c(OCCN2CCNC2=O)ccc(C(C)C2C(NC(=O)c3ccc(F)c(Cl)c3)CC3CCC2N3)c1C. The second kappa shape index (κ2) is 11.1. The maximum absolute atomic E-state index is 13.6. The fourth-order valence-corrected chi connectivity index (χ4v) is 6.67. The number of benzene rings is 2. The van der Waals surface area contributed by atoms with Crippen molar-refractivity contribution in [2.75, 3.05) is 26.2 Å². The van der Waals surface area contributed by atoms with Gasteiger partial charge in [0.1, 0.15) is 18.2 Å². The van der Waals surface area contributed by atoms with Gasteiger partial charge in [-0.05, 0) is 80.0 Å². The van der Waals surface area contributed by atoms with Crippen LogP contribution in [0.4, 0.5) is 9.18 Å². The molecule has 3 fully saturated rings. The van der Waals surface area contributed by atoms with Crippen LogP contribution in [0.25, 0.3) is 0 Å². The van der Waals surface area contributed by atoms with Crippen molar-refractivity contribution in [3.63, 3.8) is 0 Å². The highest BCUT2D eigenvalue weighted by Gasteiger charge is 2.45. The lowest BCUT2D eigenvalue weighted by molar-refractivity contribution is 0.0884. The van der Waals surface area contributed by atoms with Gasteiger partial charge in [-0.1, -0.05) is 24.6 Å². The molecule has 38 heavy (non-hydrogen) atoms. The molecule has 204 valence electrons. The van der Waals surface area contributed by atoms with Crippen LogP contribution in [-0.4, -0.2) is 61.2 Å². The Balaban J connectivity index is 1.31. The Hall–Kier alpha value is -2.84. The monoisotopic (exact) mass is 542 g/mol. The summed E-state index contributed by atoms with van der Waals surface area (Å²) in [5.74, 6) is 0.467. The molecule has 3 N–H and O–H groups in total. The third kappa shape index (κ3) is 5.34. The van der Waals surface area contributed by atoms with Gasteiger partial charge in [0.2, 0.25) is 0 Å². The van der Waals surface area contributed by atoms with Crippen molar-refractivity contribution in [1.29, 1.82) is 0 Å². The van der Waals surface area contributed by atoms with Gasteiger partial charge in [-0.25, -0.2) is 9.18 Å². The molecule has 5 unspecified atom stereocenters. The Morgan fingerprint density at radius 2 is 2.05 bits per heavy atom. The van der Waals surface area contributed by atoms with E-state index in [2.05, 4.69) is 42.8 Å². The van der Waals surface area contributed by atoms with Crippen molar-refractivity contribution in [2.45, 2.75) is 64.1 Å². The van der Waals surface area contributed by atoms with Crippen LogP contribution in [0.3, 0.4) is 0 Å². The van der Waals surface area contributed by atoms with E-state index in [0.717, 1.165) is 30.6 Å². The molecule has 0 saturated carbocycles. The highest BCUT2D eigenvalue weighted by atomic mass is 35.5. The predicted molar refractivity (Wildman–Crippen MR) is 146 cm³/mol. The summed E-state index contributed by atoms with van der Waals surface area (Å²) in [6, 6.07) is 8.93. The van der Waals surface area contributed by atoms with E-state index in [1.54, 1.807) is 4.90 Å². The normalized spacial score (nSPS) is 25.3. The van der Waals surface area contributed by atoms with Gasteiger partial charge < -0.3 is 25.6 Å². The number of nitrogens with one attached hydrogen (secondary N) is 3. The molecule has 5 rings (SSSR count). The first-order valence-corrected chi connectivity index (χ1v) is 13.9. The second-order valence-electron chi connectivity index (χ2n) is 10.8. The molecule has 2 bridgehead atoms. The molecule has 3 saturated heterocycles. The standard InChI is InChI=1S/C29H36ClFN4O3/c1-16-17(2)26(38-13-12-35-11-10-32-29(35)37)9-6-21(16)18(3)27-24-8-5-20(33-24)15-25(27)34-28(36)19-4-7-23(31)22(30)14-19/h4,6-7,9,14,18,20,24-25,27,33H,5,8,10-13,15H2,1-3H3,(H,32,37)(H,34,36). The molecule has 3 heterocycles. The third-order valence-corrected chi connectivity index (χ3v) is 8.94. The average Bonchev–Trinajstić information content (AvgIpc) is 3.48. The number of piperidine rings is 1. The zero-order chi connectivity index (χ0) is 27.0. The predicted octanol–water partition coefficient (Wildman–Crippen LogP) is 4.54. The van der Waals surface area contributed by atoms with Crippen molar-refractivity contribution in [2.24, 2.45) is 5.92 Å². The summed E-state index contributed by atoms with van der Waals surface area (Å²) in [6.45, 7) is 8.84. The number of halogens is 2. The van der Waals surface area contributed by atoms with Crippen LogP contribution in [0.5, 0.6) is 5.75 Å². The van der Waals surface area contributed by atoms with E-state index in [1.165, 1.54) is 29.3 Å². The molecule has 3 aliphatic heterocycles. The number of rotatable bonds is 8. The Bertz CT molecular complexity index is 1220.